The Labute approximate surface area is 181 Å². The molecule has 2 aromatic heterocycles. The molecule has 3 aromatic rings. The van der Waals surface area contributed by atoms with Crippen molar-refractivity contribution in [2.75, 3.05) is 18.4 Å². The Morgan fingerprint density at radius 1 is 1.17 bits per heavy atom. The number of pyridine rings is 1. The number of hydrogen-bond donors (Lipinski definition) is 2. The van der Waals surface area contributed by atoms with Gasteiger partial charge in [0.25, 0.3) is 5.91 Å². The minimum atomic E-state index is -0.288. The minimum absolute atomic E-state index is 0. The van der Waals surface area contributed by atoms with Gasteiger partial charge in [0.15, 0.2) is 11.4 Å². The van der Waals surface area contributed by atoms with E-state index >= 15 is 0 Å². The number of ether oxygens (including phenoxy) is 1. The van der Waals surface area contributed by atoms with Crippen molar-refractivity contribution in [1.29, 1.82) is 0 Å². The first-order valence-corrected chi connectivity index (χ1v) is 9.04. The first kappa shape index (κ1) is 22.7. The van der Waals surface area contributed by atoms with Gasteiger partial charge in [0.1, 0.15) is 11.4 Å². The maximum Gasteiger partial charge on any atom is 0.276 e. The van der Waals surface area contributed by atoms with Crippen LogP contribution in [-0.4, -0.2) is 33.8 Å². The predicted octanol–water partition coefficient (Wildman–Crippen LogP) is 4.09. The standard InChI is InChI=1S/C20H21N5O2.2ClH/c26-20(17-9-12-25(24-17)15-5-4-10-21-13-15)23-18-14-22-11-8-19(18)27-16-6-2-1-3-7-16;;/h1-3,6-9,11-12,14-15,21H,4-5,10,13H2,(H,23,26);2*1H. The number of hydrogen-bond acceptors (Lipinski definition) is 5. The number of amides is 1. The van der Waals surface area contributed by atoms with Gasteiger partial charge < -0.3 is 15.4 Å². The molecule has 154 valence electrons. The predicted molar refractivity (Wildman–Crippen MR) is 117 cm³/mol. The molecule has 1 unspecified atom stereocenters. The molecule has 4 rings (SSSR count). The Morgan fingerprint density at radius 2 is 2.00 bits per heavy atom. The van der Waals surface area contributed by atoms with Crippen LogP contribution in [0.25, 0.3) is 0 Å². The van der Waals surface area contributed by atoms with Crippen LogP contribution in [0.4, 0.5) is 5.69 Å². The molecule has 29 heavy (non-hydrogen) atoms. The summed E-state index contributed by atoms with van der Waals surface area (Å²) >= 11 is 0. The summed E-state index contributed by atoms with van der Waals surface area (Å²) in [5.41, 5.74) is 0.871. The number of carbonyl (C=O) groups is 1. The van der Waals surface area contributed by atoms with Crippen molar-refractivity contribution in [3.05, 3.63) is 66.7 Å². The molecule has 0 radical (unpaired) electrons. The van der Waals surface area contributed by atoms with Gasteiger partial charge in [-0.05, 0) is 37.6 Å². The van der Waals surface area contributed by atoms with Crippen molar-refractivity contribution in [3.63, 3.8) is 0 Å². The number of benzene rings is 1. The van der Waals surface area contributed by atoms with E-state index < -0.39 is 0 Å². The summed E-state index contributed by atoms with van der Waals surface area (Å²) in [6.07, 6.45) is 7.23. The zero-order chi connectivity index (χ0) is 18.5. The largest absolute Gasteiger partial charge is 0.455 e. The first-order valence-electron chi connectivity index (χ1n) is 9.04. The molecule has 1 amide bonds. The number of nitrogens with one attached hydrogen (secondary N) is 2. The summed E-state index contributed by atoms with van der Waals surface area (Å²) < 4.78 is 7.72. The number of nitrogens with zero attached hydrogens (tertiary/aromatic N) is 3. The van der Waals surface area contributed by atoms with Gasteiger partial charge in [0, 0.05) is 25.0 Å². The fourth-order valence-electron chi connectivity index (χ4n) is 3.09. The maximum absolute atomic E-state index is 12.6. The van der Waals surface area contributed by atoms with Crippen molar-refractivity contribution in [2.45, 2.75) is 18.9 Å². The third-order valence-corrected chi connectivity index (χ3v) is 4.49. The summed E-state index contributed by atoms with van der Waals surface area (Å²) in [5.74, 6) is 0.928. The topological polar surface area (TPSA) is 81.1 Å². The van der Waals surface area contributed by atoms with Gasteiger partial charge in [-0.25, -0.2) is 0 Å². The molecule has 9 heteroatoms. The van der Waals surface area contributed by atoms with Gasteiger partial charge in [0.05, 0.1) is 12.2 Å². The van der Waals surface area contributed by atoms with Crippen LogP contribution in [0.2, 0.25) is 0 Å². The second-order valence-electron chi connectivity index (χ2n) is 6.42. The average molecular weight is 436 g/mol. The molecule has 0 aliphatic carbocycles. The molecule has 1 aliphatic rings. The normalized spacial score (nSPS) is 15.5. The molecule has 7 nitrogen and oxygen atoms in total. The average Bonchev–Trinajstić information content (AvgIpc) is 3.21. The number of carbonyl (C=O) groups excluding carboxylic acids is 1. The lowest BCUT2D eigenvalue weighted by Gasteiger charge is -2.22. The Morgan fingerprint density at radius 3 is 2.76 bits per heavy atom. The van der Waals surface area contributed by atoms with Gasteiger partial charge in [-0.1, -0.05) is 18.2 Å². The van der Waals surface area contributed by atoms with Gasteiger partial charge >= 0.3 is 0 Å². The number of aromatic nitrogens is 3. The molecule has 1 aromatic carbocycles. The highest BCUT2D eigenvalue weighted by molar-refractivity contribution is 6.03. The zero-order valence-corrected chi connectivity index (χ0v) is 17.3. The highest BCUT2D eigenvalue weighted by Gasteiger charge is 2.18. The Kier molecular flexibility index (Phi) is 8.45. The van der Waals surface area contributed by atoms with Crippen LogP contribution in [0.5, 0.6) is 11.5 Å². The lowest BCUT2D eigenvalue weighted by Crippen LogP contribution is -2.32. The molecule has 1 fully saturated rings. The van der Waals surface area contributed by atoms with Crippen LogP contribution in [-0.2, 0) is 0 Å². The number of anilines is 1. The Hall–Kier alpha value is -2.61. The highest BCUT2D eigenvalue weighted by atomic mass is 35.5. The van der Waals surface area contributed by atoms with E-state index in [1.54, 1.807) is 24.5 Å². The molecule has 3 heterocycles. The molecular formula is C20H23Cl2N5O2. The van der Waals surface area contributed by atoms with Crippen molar-refractivity contribution in [1.82, 2.24) is 20.1 Å². The fraction of sp³-hybridized carbons (Fsp3) is 0.250. The van der Waals surface area contributed by atoms with Crippen LogP contribution in [0, 0.1) is 0 Å². The highest BCUT2D eigenvalue weighted by Crippen LogP contribution is 2.28. The van der Waals surface area contributed by atoms with E-state index in [1.165, 1.54) is 0 Å². The van der Waals surface area contributed by atoms with Crippen LogP contribution < -0.4 is 15.4 Å². The number of halogens is 2. The molecule has 1 atom stereocenters. The van der Waals surface area contributed by atoms with Crippen LogP contribution in [0.15, 0.2) is 61.1 Å². The monoisotopic (exact) mass is 435 g/mol. The molecule has 2 N–H and O–H groups in total. The van der Waals surface area contributed by atoms with E-state index in [2.05, 4.69) is 20.7 Å². The summed E-state index contributed by atoms with van der Waals surface area (Å²) in [6, 6.07) is 13.1. The molecule has 0 spiro atoms. The van der Waals surface area contributed by atoms with Gasteiger partial charge in [-0.3, -0.25) is 14.5 Å². The first-order chi connectivity index (χ1) is 13.3. The van der Waals surface area contributed by atoms with Crippen LogP contribution in [0.1, 0.15) is 29.4 Å². The molecule has 0 saturated carbocycles. The maximum atomic E-state index is 12.6. The van der Waals surface area contributed by atoms with Gasteiger partial charge in [-0.2, -0.15) is 5.10 Å². The summed E-state index contributed by atoms with van der Waals surface area (Å²) in [7, 11) is 0. The second-order valence-corrected chi connectivity index (χ2v) is 6.42. The molecule has 1 aliphatic heterocycles. The van der Waals surface area contributed by atoms with Gasteiger partial charge in [0.2, 0.25) is 0 Å². The third kappa shape index (κ3) is 5.69. The summed E-state index contributed by atoms with van der Waals surface area (Å²) in [6.45, 7) is 1.91. The van der Waals surface area contributed by atoms with Gasteiger partial charge in [-0.15, -0.1) is 24.8 Å². The SMILES string of the molecule is Cl.Cl.O=C(Nc1cnccc1Oc1ccccc1)c1ccn(C2CCCNC2)n1. The van der Waals surface area contributed by atoms with Crippen molar-refractivity contribution >= 4 is 36.4 Å². The van der Waals surface area contributed by atoms with E-state index in [0.29, 0.717) is 22.9 Å². The number of para-hydroxylation sites is 1. The zero-order valence-electron chi connectivity index (χ0n) is 15.7. The lowest BCUT2D eigenvalue weighted by molar-refractivity contribution is 0.102. The molecular weight excluding hydrogens is 413 g/mol. The summed E-state index contributed by atoms with van der Waals surface area (Å²) in [5, 5.41) is 10.6. The Bertz CT molecular complexity index is 914. The Balaban J connectivity index is 0.00000150. The minimum Gasteiger partial charge on any atom is -0.455 e. The summed E-state index contributed by atoms with van der Waals surface area (Å²) in [4.78, 5) is 16.7. The number of piperidine rings is 1. The number of rotatable bonds is 5. The van der Waals surface area contributed by atoms with E-state index in [9.17, 15) is 4.79 Å². The van der Waals surface area contributed by atoms with Crippen molar-refractivity contribution in [3.8, 4) is 11.5 Å². The quantitative estimate of drug-likeness (QED) is 0.630. The van der Waals surface area contributed by atoms with Crippen LogP contribution in [0.3, 0.4) is 0 Å². The van der Waals surface area contributed by atoms with E-state index in [4.69, 9.17) is 4.74 Å². The third-order valence-electron chi connectivity index (χ3n) is 4.49. The van der Waals surface area contributed by atoms with Crippen LogP contribution >= 0.6 is 24.8 Å². The molecule has 1 saturated heterocycles. The van der Waals surface area contributed by atoms with Crippen molar-refractivity contribution in [2.24, 2.45) is 0 Å². The second kappa shape index (κ2) is 10.8. The van der Waals surface area contributed by atoms with Crippen molar-refractivity contribution < 1.29 is 9.53 Å². The molecule has 0 bridgehead atoms. The smallest absolute Gasteiger partial charge is 0.276 e. The van der Waals surface area contributed by atoms with E-state index in [-0.39, 0.29) is 36.8 Å². The lowest BCUT2D eigenvalue weighted by atomic mass is 10.1. The fourth-order valence-corrected chi connectivity index (χ4v) is 3.09. The van der Waals surface area contributed by atoms with E-state index in [1.807, 2.05) is 41.2 Å². The van der Waals surface area contributed by atoms with E-state index in [0.717, 1.165) is 25.9 Å².